The van der Waals surface area contributed by atoms with E-state index in [9.17, 15) is 14.4 Å². The lowest BCUT2D eigenvalue weighted by Gasteiger charge is -2.22. The Bertz CT molecular complexity index is 750. The van der Waals surface area contributed by atoms with E-state index in [0.717, 1.165) is 17.7 Å². The molecule has 0 saturated carbocycles. The molecule has 0 aromatic heterocycles. The van der Waals surface area contributed by atoms with E-state index in [-0.39, 0.29) is 25.3 Å². The number of fused-ring (bicyclic) bond motifs is 1. The summed E-state index contributed by atoms with van der Waals surface area (Å²) in [6.07, 6.45) is 1.77. The summed E-state index contributed by atoms with van der Waals surface area (Å²) in [5.74, 6) is 0.287. The molecule has 0 unspecified atom stereocenters. The molecule has 8 heteroatoms. The number of benzene rings is 1. The Hall–Kier alpha value is -2.77. The van der Waals surface area contributed by atoms with Crippen LogP contribution in [0.4, 0.5) is 4.79 Å². The largest absolute Gasteiger partial charge is 0.454 e. The summed E-state index contributed by atoms with van der Waals surface area (Å²) in [4.78, 5) is 38.3. The average molecular weight is 361 g/mol. The van der Waals surface area contributed by atoms with Crippen LogP contribution in [0, 0.1) is 0 Å². The van der Waals surface area contributed by atoms with Gasteiger partial charge in [0, 0.05) is 6.04 Å². The molecular formula is C18H23N3O5. The van der Waals surface area contributed by atoms with E-state index in [2.05, 4.69) is 10.6 Å². The summed E-state index contributed by atoms with van der Waals surface area (Å²) in [7, 11) is 0. The number of hydrogen-bond acceptors (Lipinski definition) is 5. The SMILES string of the molecule is CCC[C@@H](C)NC(=O)CN1C(=O)N[C@@](C)(c2ccc3c(c2)OCO3)C1=O. The molecule has 2 atom stereocenters. The van der Waals surface area contributed by atoms with Crippen molar-refractivity contribution in [3.05, 3.63) is 23.8 Å². The van der Waals surface area contributed by atoms with Crippen LogP contribution in [-0.4, -0.2) is 42.1 Å². The molecule has 140 valence electrons. The Morgan fingerprint density at radius 1 is 1.35 bits per heavy atom. The Labute approximate surface area is 151 Å². The predicted octanol–water partition coefficient (Wildman–Crippen LogP) is 1.49. The fourth-order valence-electron chi connectivity index (χ4n) is 3.21. The molecule has 8 nitrogen and oxygen atoms in total. The van der Waals surface area contributed by atoms with Gasteiger partial charge < -0.3 is 20.1 Å². The first-order chi connectivity index (χ1) is 12.3. The van der Waals surface area contributed by atoms with Crippen molar-refractivity contribution in [2.45, 2.75) is 45.2 Å². The number of hydrogen-bond donors (Lipinski definition) is 2. The highest BCUT2D eigenvalue weighted by Crippen LogP contribution is 2.37. The normalized spacial score (nSPS) is 22.3. The number of carbonyl (C=O) groups is 3. The van der Waals surface area contributed by atoms with Gasteiger partial charge in [0.1, 0.15) is 12.1 Å². The second-order valence-corrected chi connectivity index (χ2v) is 6.77. The van der Waals surface area contributed by atoms with E-state index in [1.54, 1.807) is 25.1 Å². The summed E-state index contributed by atoms with van der Waals surface area (Å²) >= 11 is 0. The fraction of sp³-hybridized carbons (Fsp3) is 0.500. The summed E-state index contributed by atoms with van der Waals surface area (Å²) < 4.78 is 10.6. The van der Waals surface area contributed by atoms with Crippen LogP contribution in [0.1, 0.15) is 39.2 Å². The van der Waals surface area contributed by atoms with Crippen molar-refractivity contribution in [1.29, 1.82) is 0 Å². The highest BCUT2D eigenvalue weighted by molar-refractivity contribution is 6.09. The van der Waals surface area contributed by atoms with Crippen molar-refractivity contribution >= 4 is 17.8 Å². The molecule has 1 saturated heterocycles. The van der Waals surface area contributed by atoms with Crippen LogP contribution < -0.4 is 20.1 Å². The molecule has 1 aromatic carbocycles. The van der Waals surface area contributed by atoms with Crippen molar-refractivity contribution in [3.8, 4) is 11.5 Å². The third-order valence-corrected chi connectivity index (χ3v) is 4.66. The highest BCUT2D eigenvalue weighted by atomic mass is 16.7. The van der Waals surface area contributed by atoms with E-state index in [4.69, 9.17) is 9.47 Å². The summed E-state index contributed by atoms with van der Waals surface area (Å²) in [5.41, 5.74) is -0.685. The van der Waals surface area contributed by atoms with E-state index < -0.39 is 17.5 Å². The van der Waals surface area contributed by atoms with Gasteiger partial charge in [-0.1, -0.05) is 19.4 Å². The monoisotopic (exact) mass is 361 g/mol. The molecule has 1 fully saturated rings. The number of imide groups is 1. The summed E-state index contributed by atoms with van der Waals surface area (Å²) in [6.45, 7) is 5.35. The smallest absolute Gasteiger partial charge is 0.325 e. The molecule has 0 spiro atoms. The summed E-state index contributed by atoms with van der Waals surface area (Å²) in [6, 6.07) is 4.48. The number of nitrogens with one attached hydrogen (secondary N) is 2. The molecule has 4 amide bonds. The first-order valence-electron chi connectivity index (χ1n) is 8.68. The minimum atomic E-state index is -1.26. The Morgan fingerprint density at radius 3 is 2.81 bits per heavy atom. The number of nitrogens with zero attached hydrogens (tertiary/aromatic N) is 1. The Kier molecular flexibility index (Phi) is 4.76. The third kappa shape index (κ3) is 3.18. The zero-order valence-electron chi connectivity index (χ0n) is 15.1. The molecule has 0 bridgehead atoms. The second-order valence-electron chi connectivity index (χ2n) is 6.77. The van der Waals surface area contributed by atoms with Gasteiger partial charge in [0.15, 0.2) is 11.5 Å². The maximum absolute atomic E-state index is 12.9. The van der Waals surface area contributed by atoms with Gasteiger partial charge in [-0.15, -0.1) is 0 Å². The molecule has 3 rings (SSSR count). The molecule has 2 N–H and O–H groups in total. The molecule has 2 heterocycles. The van der Waals surface area contributed by atoms with Crippen LogP contribution in [0.2, 0.25) is 0 Å². The van der Waals surface area contributed by atoms with Crippen molar-refractivity contribution in [3.63, 3.8) is 0 Å². The van der Waals surface area contributed by atoms with Gasteiger partial charge in [-0.05, 0) is 38.0 Å². The van der Waals surface area contributed by atoms with Gasteiger partial charge in [0.25, 0.3) is 5.91 Å². The van der Waals surface area contributed by atoms with Crippen LogP contribution in [0.15, 0.2) is 18.2 Å². The average Bonchev–Trinajstić information content (AvgIpc) is 3.13. The van der Waals surface area contributed by atoms with Crippen molar-refractivity contribution in [1.82, 2.24) is 15.5 Å². The maximum atomic E-state index is 12.9. The van der Waals surface area contributed by atoms with Gasteiger partial charge in [-0.3, -0.25) is 14.5 Å². The van der Waals surface area contributed by atoms with Crippen LogP contribution in [-0.2, 0) is 15.1 Å². The molecule has 1 aromatic rings. The first kappa shape index (κ1) is 18.0. The zero-order valence-corrected chi connectivity index (χ0v) is 15.1. The van der Waals surface area contributed by atoms with E-state index in [1.165, 1.54) is 0 Å². The zero-order chi connectivity index (χ0) is 18.9. The number of rotatable bonds is 6. The molecule has 2 aliphatic heterocycles. The molecule has 0 radical (unpaired) electrons. The van der Waals surface area contributed by atoms with E-state index in [1.807, 2.05) is 13.8 Å². The summed E-state index contributed by atoms with van der Waals surface area (Å²) in [5, 5.41) is 5.48. The van der Waals surface area contributed by atoms with Gasteiger partial charge in [0.2, 0.25) is 12.7 Å². The van der Waals surface area contributed by atoms with Crippen LogP contribution in [0.5, 0.6) is 11.5 Å². The van der Waals surface area contributed by atoms with E-state index in [0.29, 0.717) is 17.1 Å². The van der Waals surface area contributed by atoms with Gasteiger partial charge in [0.05, 0.1) is 0 Å². The third-order valence-electron chi connectivity index (χ3n) is 4.66. The number of urea groups is 1. The molecule has 2 aliphatic rings. The van der Waals surface area contributed by atoms with Crippen LogP contribution in [0.3, 0.4) is 0 Å². The van der Waals surface area contributed by atoms with Crippen molar-refractivity contribution in [2.75, 3.05) is 13.3 Å². The molecule has 0 aliphatic carbocycles. The lowest BCUT2D eigenvalue weighted by Crippen LogP contribution is -2.44. The highest BCUT2D eigenvalue weighted by Gasteiger charge is 2.49. The Balaban J connectivity index is 1.74. The quantitative estimate of drug-likeness (QED) is 0.748. The van der Waals surface area contributed by atoms with E-state index >= 15 is 0 Å². The van der Waals surface area contributed by atoms with Crippen molar-refractivity contribution in [2.24, 2.45) is 0 Å². The van der Waals surface area contributed by atoms with Crippen LogP contribution in [0.25, 0.3) is 0 Å². The molecular weight excluding hydrogens is 338 g/mol. The Morgan fingerprint density at radius 2 is 2.08 bits per heavy atom. The lowest BCUT2D eigenvalue weighted by atomic mass is 9.91. The predicted molar refractivity (Wildman–Crippen MR) is 92.7 cm³/mol. The van der Waals surface area contributed by atoms with Gasteiger partial charge in [-0.2, -0.15) is 0 Å². The minimum absolute atomic E-state index is 0.00601. The number of ether oxygens (including phenoxy) is 2. The lowest BCUT2D eigenvalue weighted by molar-refractivity contribution is -0.135. The first-order valence-corrected chi connectivity index (χ1v) is 8.68. The van der Waals surface area contributed by atoms with Crippen LogP contribution >= 0.6 is 0 Å². The number of carbonyl (C=O) groups excluding carboxylic acids is 3. The molecule has 26 heavy (non-hydrogen) atoms. The standard InChI is InChI=1S/C18H23N3O5/c1-4-5-11(2)19-15(22)9-21-16(23)18(3,20-17(21)24)12-6-7-13-14(8-12)26-10-25-13/h6-8,11H,4-5,9-10H2,1-3H3,(H,19,22)(H,20,24)/t11-,18+/m1/s1. The van der Waals surface area contributed by atoms with Gasteiger partial charge in [-0.25, -0.2) is 4.79 Å². The maximum Gasteiger partial charge on any atom is 0.325 e. The fourth-order valence-corrected chi connectivity index (χ4v) is 3.21. The minimum Gasteiger partial charge on any atom is -0.454 e. The number of amides is 4. The second kappa shape index (κ2) is 6.86. The van der Waals surface area contributed by atoms with Crippen molar-refractivity contribution < 1.29 is 23.9 Å². The topological polar surface area (TPSA) is 97.0 Å². The van der Waals surface area contributed by atoms with Gasteiger partial charge >= 0.3 is 6.03 Å².